The maximum absolute atomic E-state index is 12.9. The second kappa shape index (κ2) is 9.44. The number of methoxy groups -OCH3 is 1. The van der Waals surface area contributed by atoms with Crippen LogP contribution in [0, 0.1) is 17.8 Å². The van der Waals surface area contributed by atoms with Crippen molar-refractivity contribution >= 4 is 35.1 Å². The van der Waals surface area contributed by atoms with Gasteiger partial charge in [-0.1, -0.05) is 13.0 Å². The normalized spacial score (nSPS) is 22.0. The molecule has 33 heavy (non-hydrogen) atoms. The SMILES string of the molecule is COc1ccc(NC(=O)COC(=O)c2cccc(N3C(=O)[C@H]4C[C@H](C)CC[C@H]4C3=O)c2)cc1. The highest BCUT2D eigenvalue weighted by molar-refractivity contribution is 6.22. The third-order valence-corrected chi connectivity index (χ3v) is 6.24. The van der Waals surface area contributed by atoms with Crippen molar-refractivity contribution in [2.45, 2.75) is 26.2 Å². The topological polar surface area (TPSA) is 102 Å². The van der Waals surface area contributed by atoms with Crippen LogP contribution in [-0.2, 0) is 19.1 Å². The Hall–Kier alpha value is -3.68. The second-order valence-corrected chi connectivity index (χ2v) is 8.55. The number of carbonyl (C=O) groups is 4. The summed E-state index contributed by atoms with van der Waals surface area (Å²) in [4.78, 5) is 51.6. The van der Waals surface area contributed by atoms with Crippen LogP contribution in [0.2, 0.25) is 0 Å². The number of benzene rings is 2. The van der Waals surface area contributed by atoms with Crippen LogP contribution in [0.15, 0.2) is 48.5 Å². The summed E-state index contributed by atoms with van der Waals surface area (Å²) >= 11 is 0. The van der Waals surface area contributed by atoms with Gasteiger partial charge >= 0.3 is 5.97 Å². The van der Waals surface area contributed by atoms with E-state index in [0.717, 1.165) is 6.42 Å². The summed E-state index contributed by atoms with van der Waals surface area (Å²) in [7, 11) is 1.55. The first kappa shape index (κ1) is 22.5. The quantitative estimate of drug-likeness (QED) is 0.535. The fourth-order valence-electron chi connectivity index (χ4n) is 4.50. The highest BCUT2D eigenvalue weighted by atomic mass is 16.5. The zero-order valence-electron chi connectivity index (χ0n) is 18.6. The van der Waals surface area contributed by atoms with Crippen molar-refractivity contribution in [3.05, 3.63) is 54.1 Å². The zero-order valence-corrected chi connectivity index (χ0v) is 18.6. The summed E-state index contributed by atoms with van der Waals surface area (Å²) in [5, 5.41) is 2.63. The van der Waals surface area contributed by atoms with Crippen molar-refractivity contribution in [2.24, 2.45) is 17.8 Å². The molecule has 0 radical (unpaired) electrons. The monoisotopic (exact) mass is 450 g/mol. The third kappa shape index (κ3) is 4.74. The van der Waals surface area contributed by atoms with Gasteiger partial charge in [0.05, 0.1) is 30.2 Å². The Labute approximate surface area is 191 Å². The van der Waals surface area contributed by atoms with Crippen LogP contribution < -0.4 is 15.0 Å². The number of amides is 3. The minimum absolute atomic E-state index is 0.161. The second-order valence-electron chi connectivity index (χ2n) is 8.55. The largest absolute Gasteiger partial charge is 0.497 e. The van der Waals surface area contributed by atoms with Gasteiger partial charge in [0.25, 0.3) is 5.91 Å². The van der Waals surface area contributed by atoms with Gasteiger partial charge in [-0.25, -0.2) is 4.79 Å². The molecule has 2 aromatic carbocycles. The lowest BCUT2D eigenvalue weighted by Crippen LogP contribution is -2.31. The van der Waals surface area contributed by atoms with E-state index in [1.54, 1.807) is 43.5 Å². The van der Waals surface area contributed by atoms with Gasteiger partial charge in [0.15, 0.2) is 6.61 Å². The average molecular weight is 450 g/mol. The van der Waals surface area contributed by atoms with E-state index in [2.05, 4.69) is 12.2 Å². The number of esters is 1. The molecule has 3 amide bonds. The van der Waals surface area contributed by atoms with Crippen molar-refractivity contribution in [1.29, 1.82) is 0 Å². The van der Waals surface area contributed by atoms with Gasteiger partial charge in [-0.2, -0.15) is 0 Å². The highest BCUT2D eigenvalue weighted by Gasteiger charge is 2.50. The lowest BCUT2D eigenvalue weighted by atomic mass is 9.76. The number of hydrogen-bond acceptors (Lipinski definition) is 6. The Morgan fingerprint density at radius 2 is 1.76 bits per heavy atom. The molecule has 2 aromatic rings. The molecule has 1 aliphatic heterocycles. The number of nitrogens with one attached hydrogen (secondary N) is 1. The molecule has 1 heterocycles. The summed E-state index contributed by atoms with van der Waals surface area (Å²) in [6, 6.07) is 12.9. The van der Waals surface area contributed by atoms with Crippen LogP contribution in [0.5, 0.6) is 5.75 Å². The predicted octanol–water partition coefficient (Wildman–Crippen LogP) is 3.42. The molecule has 0 unspecified atom stereocenters. The van der Waals surface area contributed by atoms with E-state index >= 15 is 0 Å². The first-order valence-electron chi connectivity index (χ1n) is 11.0. The molecule has 0 bridgehead atoms. The first-order chi connectivity index (χ1) is 15.9. The molecule has 3 atom stereocenters. The van der Waals surface area contributed by atoms with E-state index in [-0.39, 0.29) is 29.2 Å². The molecule has 0 spiro atoms. The predicted molar refractivity (Wildman–Crippen MR) is 121 cm³/mol. The van der Waals surface area contributed by atoms with E-state index < -0.39 is 18.5 Å². The van der Waals surface area contributed by atoms with E-state index in [0.29, 0.717) is 35.9 Å². The smallest absolute Gasteiger partial charge is 0.338 e. The van der Waals surface area contributed by atoms with Gasteiger partial charge in [-0.15, -0.1) is 0 Å². The number of ether oxygens (including phenoxy) is 2. The van der Waals surface area contributed by atoms with Crippen LogP contribution in [0.4, 0.5) is 11.4 Å². The van der Waals surface area contributed by atoms with Crippen LogP contribution in [-0.4, -0.2) is 37.4 Å². The molecule has 1 N–H and O–H groups in total. The van der Waals surface area contributed by atoms with Gasteiger partial charge in [0, 0.05) is 5.69 Å². The average Bonchev–Trinajstić information content (AvgIpc) is 3.07. The Balaban J connectivity index is 1.39. The van der Waals surface area contributed by atoms with E-state index in [1.165, 1.54) is 17.0 Å². The molecule has 1 saturated carbocycles. The number of nitrogens with zero attached hydrogens (tertiary/aromatic N) is 1. The molecule has 1 aliphatic carbocycles. The molecule has 8 heteroatoms. The lowest BCUT2D eigenvalue weighted by Gasteiger charge is -2.25. The molecule has 0 aromatic heterocycles. The Bertz CT molecular complexity index is 1080. The van der Waals surface area contributed by atoms with Crippen molar-refractivity contribution in [1.82, 2.24) is 0 Å². The van der Waals surface area contributed by atoms with Crippen molar-refractivity contribution in [3.8, 4) is 5.75 Å². The van der Waals surface area contributed by atoms with E-state index in [9.17, 15) is 19.2 Å². The fourth-order valence-corrected chi connectivity index (χ4v) is 4.50. The van der Waals surface area contributed by atoms with E-state index in [1.807, 2.05) is 0 Å². The highest BCUT2D eigenvalue weighted by Crippen LogP contribution is 2.42. The summed E-state index contributed by atoms with van der Waals surface area (Å²) < 4.78 is 10.2. The molecular weight excluding hydrogens is 424 g/mol. The molecule has 4 rings (SSSR count). The molecular formula is C25H26N2O6. The van der Waals surface area contributed by atoms with Crippen molar-refractivity contribution in [2.75, 3.05) is 23.9 Å². The molecule has 8 nitrogen and oxygen atoms in total. The summed E-state index contributed by atoms with van der Waals surface area (Å²) in [5.74, 6) is -1.14. The van der Waals surface area contributed by atoms with Crippen LogP contribution >= 0.6 is 0 Å². The Morgan fingerprint density at radius 1 is 1.03 bits per heavy atom. The zero-order chi connectivity index (χ0) is 23.5. The minimum atomic E-state index is -0.716. The lowest BCUT2D eigenvalue weighted by molar-refractivity contribution is -0.122. The summed E-state index contributed by atoms with van der Waals surface area (Å²) in [6.07, 6.45) is 2.34. The molecule has 1 saturated heterocycles. The summed E-state index contributed by atoms with van der Waals surface area (Å²) in [6.45, 7) is 1.62. The van der Waals surface area contributed by atoms with Gasteiger partial charge in [-0.3, -0.25) is 19.3 Å². The number of fused-ring (bicyclic) bond motifs is 1. The number of carbonyl (C=O) groups excluding carboxylic acids is 4. The Morgan fingerprint density at radius 3 is 2.48 bits per heavy atom. The van der Waals surface area contributed by atoms with Gasteiger partial charge < -0.3 is 14.8 Å². The fraction of sp³-hybridized carbons (Fsp3) is 0.360. The van der Waals surface area contributed by atoms with Crippen LogP contribution in [0.1, 0.15) is 36.5 Å². The third-order valence-electron chi connectivity index (χ3n) is 6.24. The van der Waals surface area contributed by atoms with Gasteiger partial charge in [-0.05, 0) is 67.6 Å². The standard InChI is InChI=1S/C25H26N2O6/c1-15-6-11-20-21(12-15)24(30)27(23(20)29)18-5-3-4-16(13-18)25(31)33-14-22(28)26-17-7-9-19(32-2)10-8-17/h3-5,7-10,13,15,20-21H,6,11-12,14H2,1-2H3,(H,26,28)/t15-,20-,21+/m1/s1. The van der Waals surface area contributed by atoms with Crippen molar-refractivity contribution < 1.29 is 28.7 Å². The number of hydrogen-bond donors (Lipinski definition) is 1. The van der Waals surface area contributed by atoms with E-state index in [4.69, 9.17) is 9.47 Å². The number of rotatable bonds is 6. The Kier molecular flexibility index (Phi) is 6.44. The van der Waals surface area contributed by atoms with Crippen molar-refractivity contribution in [3.63, 3.8) is 0 Å². The number of imide groups is 1. The van der Waals surface area contributed by atoms with Crippen LogP contribution in [0.25, 0.3) is 0 Å². The van der Waals surface area contributed by atoms with Gasteiger partial charge in [0.1, 0.15) is 5.75 Å². The maximum Gasteiger partial charge on any atom is 0.338 e. The summed E-state index contributed by atoms with van der Waals surface area (Å²) in [5.41, 5.74) is 1.05. The first-order valence-corrected chi connectivity index (χ1v) is 11.0. The minimum Gasteiger partial charge on any atom is -0.497 e. The number of anilines is 2. The van der Waals surface area contributed by atoms with Crippen LogP contribution in [0.3, 0.4) is 0 Å². The molecule has 2 aliphatic rings. The molecule has 2 fully saturated rings. The molecule has 172 valence electrons. The maximum atomic E-state index is 12.9. The van der Waals surface area contributed by atoms with Gasteiger partial charge in [0.2, 0.25) is 11.8 Å².